The Morgan fingerprint density at radius 1 is 0.709 bits per heavy atom. The minimum Gasteiger partial charge on any atom is -0.465 e. The van der Waals surface area contributed by atoms with Crippen molar-refractivity contribution in [3.63, 3.8) is 0 Å². The lowest BCUT2D eigenvalue weighted by Gasteiger charge is -2.35. The van der Waals surface area contributed by atoms with Crippen LogP contribution in [0.1, 0.15) is 106 Å². The first-order valence-electron chi connectivity index (χ1n) is 18.8. The smallest absolute Gasteiger partial charge is 0.308 e. The van der Waals surface area contributed by atoms with Crippen molar-refractivity contribution < 1.29 is 43.7 Å². The van der Waals surface area contributed by atoms with Crippen molar-refractivity contribution in [1.82, 2.24) is 5.32 Å². The molecule has 306 valence electrons. The van der Waals surface area contributed by atoms with E-state index >= 15 is 0 Å². The van der Waals surface area contributed by atoms with Crippen molar-refractivity contribution in [3.8, 4) is 11.1 Å². The van der Waals surface area contributed by atoms with Crippen LogP contribution in [-0.4, -0.2) is 60.5 Å². The van der Waals surface area contributed by atoms with Crippen LogP contribution in [0.15, 0.2) is 54.6 Å². The number of carbonyl (C=O) groups excluding carboxylic acids is 3. The first kappa shape index (κ1) is 46.4. The molecule has 0 bridgehead atoms. The standard InChI is InChI=1S/C41H61N3O11/c1-10-41(9,29-55-44(50)51)25-40(7,8)26-52-36(46)21-20-35(45)42-34(23-31-16-18-33(19-17-31)32-14-12-11-13-15-32)22-30(2)37(47)53-27-38(3,4)24-39(5,6)28-54-43(48)49/h11-19,30,34H,10,20-29H2,1-9H3,(H,42,45)/t30-,34+,41?/m1/s1. The molecule has 55 heavy (non-hydrogen) atoms. The molecule has 1 N–H and O–H groups in total. The van der Waals surface area contributed by atoms with Gasteiger partial charge in [-0.05, 0) is 70.5 Å². The van der Waals surface area contributed by atoms with Crippen LogP contribution in [0, 0.1) is 47.8 Å². The summed E-state index contributed by atoms with van der Waals surface area (Å²) in [6.07, 6.45) is 2.10. The van der Waals surface area contributed by atoms with Crippen molar-refractivity contribution in [1.29, 1.82) is 0 Å². The number of rotatable bonds is 25. The SMILES string of the molecule is CCC(C)(CO[N+](=O)[O-])CC(C)(C)COC(=O)CCC(=O)N[C@H](Cc1ccc(-c2ccccc2)cc1)C[C@@H](C)C(=O)OCC(C)(C)CC(C)(C)CO[N+](=O)[O-]. The predicted molar refractivity (Wildman–Crippen MR) is 207 cm³/mol. The summed E-state index contributed by atoms with van der Waals surface area (Å²) in [5.41, 5.74) is 1.06. The fourth-order valence-corrected chi connectivity index (χ4v) is 7.05. The quantitative estimate of drug-likeness (QED) is 0.0586. The van der Waals surface area contributed by atoms with Gasteiger partial charge in [0.05, 0.1) is 25.6 Å². The Hall–Kier alpha value is -4.75. The number of amides is 1. The topological polar surface area (TPSA) is 186 Å². The first-order chi connectivity index (χ1) is 25.5. The lowest BCUT2D eigenvalue weighted by Crippen LogP contribution is -2.39. The molecule has 0 saturated heterocycles. The Morgan fingerprint density at radius 3 is 1.82 bits per heavy atom. The molecule has 0 aliphatic heterocycles. The highest BCUT2D eigenvalue weighted by Crippen LogP contribution is 2.37. The molecule has 14 heteroatoms. The van der Waals surface area contributed by atoms with Crippen molar-refractivity contribution in [2.75, 3.05) is 26.4 Å². The zero-order valence-electron chi connectivity index (χ0n) is 34.0. The lowest BCUT2D eigenvalue weighted by molar-refractivity contribution is -0.761. The molecule has 0 spiro atoms. The summed E-state index contributed by atoms with van der Waals surface area (Å²) in [5, 5.41) is 22.8. The first-order valence-corrected chi connectivity index (χ1v) is 18.8. The zero-order chi connectivity index (χ0) is 41.5. The molecule has 0 aliphatic carbocycles. The Balaban J connectivity index is 2.05. The summed E-state index contributed by atoms with van der Waals surface area (Å²) < 4.78 is 11.3. The minimum atomic E-state index is -0.816. The van der Waals surface area contributed by atoms with E-state index in [1.165, 1.54) is 0 Å². The highest BCUT2D eigenvalue weighted by Gasteiger charge is 2.34. The third-order valence-electron chi connectivity index (χ3n) is 9.53. The molecule has 0 fully saturated rings. The summed E-state index contributed by atoms with van der Waals surface area (Å²) in [7, 11) is 0. The summed E-state index contributed by atoms with van der Waals surface area (Å²) in [6, 6.07) is 17.5. The molecular weight excluding hydrogens is 710 g/mol. The maximum Gasteiger partial charge on any atom is 0.308 e. The maximum absolute atomic E-state index is 13.2. The van der Waals surface area contributed by atoms with Gasteiger partial charge >= 0.3 is 11.9 Å². The van der Waals surface area contributed by atoms with Crippen LogP contribution in [0.5, 0.6) is 0 Å². The van der Waals surface area contributed by atoms with Gasteiger partial charge in [-0.25, -0.2) is 0 Å². The van der Waals surface area contributed by atoms with E-state index in [0.717, 1.165) is 16.7 Å². The zero-order valence-corrected chi connectivity index (χ0v) is 34.0. The summed E-state index contributed by atoms with van der Waals surface area (Å²) in [4.78, 5) is 69.9. The average molecular weight is 772 g/mol. The van der Waals surface area contributed by atoms with E-state index in [1.54, 1.807) is 6.92 Å². The molecule has 0 heterocycles. The normalized spacial score (nSPS) is 14.1. The fourth-order valence-electron chi connectivity index (χ4n) is 7.05. The largest absolute Gasteiger partial charge is 0.465 e. The highest BCUT2D eigenvalue weighted by atomic mass is 17.0. The molecular formula is C41H61N3O11. The van der Waals surface area contributed by atoms with Gasteiger partial charge in [0.15, 0.2) is 0 Å². The maximum atomic E-state index is 13.2. The van der Waals surface area contributed by atoms with E-state index in [0.29, 0.717) is 25.7 Å². The van der Waals surface area contributed by atoms with E-state index in [2.05, 4.69) is 15.0 Å². The van der Waals surface area contributed by atoms with Crippen LogP contribution in [0.3, 0.4) is 0 Å². The monoisotopic (exact) mass is 771 g/mol. The van der Waals surface area contributed by atoms with Crippen molar-refractivity contribution in [2.45, 2.75) is 113 Å². The average Bonchev–Trinajstić information content (AvgIpc) is 3.10. The predicted octanol–water partition coefficient (Wildman–Crippen LogP) is 7.97. The second kappa shape index (κ2) is 20.8. The Labute approximate surface area is 325 Å². The van der Waals surface area contributed by atoms with Gasteiger partial charge in [-0.3, -0.25) is 14.4 Å². The molecule has 14 nitrogen and oxygen atoms in total. The Bertz CT molecular complexity index is 1560. The highest BCUT2D eigenvalue weighted by molar-refractivity contribution is 5.81. The summed E-state index contributed by atoms with van der Waals surface area (Å²) >= 11 is 0. The molecule has 2 aromatic carbocycles. The minimum absolute atomic E-state index is 0.0668. The van der Waals surface area contributed by atoms with Crippen LogP contribution < -0.4 is 5.32 Å². The van der Waals surface area contributed by atoms with Crippen LogP contribution in [0.25, 0.3) is 11.1 Å². The molecule has 1 amide bonds. The van der Waals surface area contributed by atoms with E-state index in [-0.39, 0.29) is 51.6 Å². The second-order valence-corrected chi connectivity index (χ2v) is 17.4. The van der Waals surface area contributed by atoms with Crippen molar-refractivity contribution in [3.05, 3.63) is 80.4 Å². The van der Waals surface area contributed by atoms with E-state index in [9.17, 15) is 34.6 Å². The molecule has 0 saturated carbocycles. The molecule has 0 aromatic heterocycles. The molecule has 3 atom stereocenters. The third kappa shape index (κ3) is 18.4. The third-order valence-corrected chi connectivity index (χ3v) is 9.53. The molecule has 0 aliphatic rings. The molecule has 2 rings (SSSR count). The van der Waals surface area contributed by atoms with Crippen molar-refractivity contribution >= 4 is 17.8 Å². The van der Waals surface area contributed by atoms with Crippen LogP contribution >= 0.6 is 0 Å². The number of ether oxygens (including phenoxy) is 2. The Morgan fingerprint density at radius 2 is 1.24 bits per heavy atom. The summed E-state index contributed by atoms with van der Waals surface area (Å²) in [5.74, 6) is -1.91. The van der Waals surface area contributed by atoms with Crippen LogP contribution in [0.4, 0.5) is 0 Å². The number of nitrogens with zero attached hydrogens (tertiary/aromatic N) is 2. The number of esters is 2. The van der Waals surface area contributed by atoms with E-state index < -0.39 is 55.7 Å². The summed E-state index contributed by atoms with van der Waals surface area (Å²) in [6.45, 7) is 16.9. The van der Waals surface area contributed by atoms with Gasteiger partial charge in [-0.2, -0.15) is 0 Å². The van der Waals surface area contributed by atoms with Gasteiger partial charge < -0.3 is 24.5 Å². The molecule has 0 radical (unpaired) electrons. The fraction of sp³-hybridized carbons (Fsp3) is 0.634. The van der Waals surface area contributed by atoms with Crippen molar-refractivity contribution in [2.24, 2.45) is 27.6 Å². The number of hydrogen-bond donors (Lipinski definition) is 1. The van der Waals surface area contributed by atoms with Gasteiger partial charge in [0.25, 0.3) is 10.2 Å². The second-order valence-electron chi connectivity index (χ2n) is 17.4. The van der Waals surface area contributed by atoms with E-state index in [4.69, 9.17) is 9.47 Å². The Kier molecular flexibility index (Phi) is 17.5. The van der Waals surface area contributed by atoms with Gasteiger partial charge in [0, 0.05) is 12.5 Å². The van der Waals surface area contributed by atoms with Crippen LogP contribution in [0.2, 0.25) is 0 Å². The van der Waals surface area contributed by atoms with E-state index in [1.807, 2.05) is 110 Å². The molecule has 1 unspecified atom stereocenters. The van der Waals surface area contributed by atoms with Gasteiger partial charge in [-0.15, -0.1) is 20.2 Å². The van der Waals surface area contributed by atoms with Crippen LogP contribution in [-0.2, 0) is 40.0 Å². The van der Waals surface area contributed by atoms with Gasteiger partial charge in [-0.1, -0.05) is 117 Å². The number of carbonyl (C=O) groups is 3. The number of benzene rings is 2. The van der Waals surface area contributed by atoms with Gasteiger partial charge in [0.1, 0.15) is 13.2 Å². The molecule has 2 aromatic rings. The number of hydrogen-bond acceptors (Lipinski definition) is 11. The lowest BCUT2D eigenvalue weighted by atomic mass is 9.73. The number of nitrogens with one attached hydrogen (secondary N) is 1. The van der Waals surface area contributed by atoms with Gasteiger partial charge in [0.2, 0.25) is 5.91 Å².